The number of rotatable bonds is 11. The van der Waals surface area contributed by atoms with Gasteiger partial charge in [0.2, 0.25) is 0 Å². The van der Waals surface area contributed by atoms with Crippen LogP contribution in [0.15, 0.2) is 133 Å². The van der Waals surface area contributed by atoms with E-state index < -0.39 is 6.29 Å². The molecule has 5 aromatic rings. The number of amides is 1. The summed E-state index contributed by atoms with van der Waals surface area (Å²) in [5.41, 5.74) is 7.95. The van der Waals surface area contributed by atoms with Gasteiger partial charge in [-0.25, -0.2) is 0 Å². The lowest BCUT2D eigenvalue weighted by Crippen LogP contribution is -2.44. The van der Waals surface area contributed by atoms with E-state index >= 15 is 0 Å². The van der Waals surface area contributed by atoms with E-state index in [9.17, 15) is 9.90 Å². The monoisotopic (exact) mass is 640 g/mol. The minimum absolute atomic E-state index is 0.00671. The van der Waals surface area contributed by atoms with Crippen LogP contribution in [-0.2, 0) is 22.6 Å². The third-order valence-electron chi connectivity index (χ3n) is 9.52. The van der Waals surface area contributed by atoms with Gasteiger partial charge in [0.25, 0.3) is 5.91 Å². The van der Waals surface area contributed by atoms with Crippen LogP contribution in [0.25, 0.3) is 11.1 Å². The van der Waals surface area contributed by atoms with Gasteiger partial charge >= 0.3 is 0 Å². The van der Waals surface area contributed by atoms with Crippen molar-refractivity contribution in [1.82, 2.24) is 10.2 Å². The standard InChI is InChI=1S/C42H44N2O4/c1-29-39(27-44(3)30(2)32-12-6-4-7-13-32)47-42(48-40(29)34-20-18-31(28-45)19-21-34)36-24-22-33(23-25-36)38-17-11-10-16-37(38)26-43-41(46)35-14-8-5-9-15-35/h4-25,29-30,39-40,42,45H,26-28H2,1-3H3,(H,43,46)/t29-,30+,39+,40+,42+/m1/s1. The zero-order valence-electron chi connectivity index (χ0n) is 27.8. The van der Waals surface area contributed by atoms with Crippen molar-refractivity contribution >= 4 is 5.91 Å². The summed E-state index contributed by atoms with van der Waals surface area (Å²) in [5, 5.41) is 12.7. The van der Waals surface area contributed by atoms with Crippen LogP contribution in [0.4, 0.5) is 0 Å². The number of ether oxygens (including phenoxy) is 2. The number of benzene rings is 5. The Hall–Kier alpha value is -4.59. The molecule has 0 aliphatic carbocycles. The van der Waals surface area contributed by atoms with Crippen molar-refractivity contribution in [3.05, 3.63) is 167 Å². The first-order valence-electron chi connectivity index (χ1n) is 16.7. The number of nitrogens with one attached hydrogen (secondary N) is 1. The molecule has 246 valence electrons. The molecule has 5 aromatic carbocycles. The molecule has 1 aliphatic heterocycles. The van der Waals surface area contributed by atoms with Crippen LogP contribution in [0.5, 0.6) is 0 Å². The number of aliphatic hydroxyl groups excluding tert-OH is 1. The van der Waals surface area contributed by atoms with E-state index in [1.54, 1.807) is 0 Å². The fourth-order valence-electron chi connectivity index (χ4n) is 6.40. The number of carbonyl (C=O) groups is 1. The molecule has 5 atom stereocenters. The zero-order chi connectivity index (χ0) is 33.5. The van der Waals surface area contributed by atoms with Crippen molar-refractivity contribution in [2.75, 3.05) is 13.6 Å². The molecule has 6 nitrogen and oxygen atoms in total. The van der Waals surface area contributed by atoms with Crippen LogP contribution in [-0.4, -0.2) is 35.6 Å². The third kappa shape index (κ3) is 7.75. The maximum atomic E-state index is 12.7. The van der Waals surface area contributed by atoms with Gasteiger partial charge in [0, 0.05) is 36.2 Å². The molecule has 0 aromatic heterocycles. The van der Waals surface area contributed by atoms with Gasteiger partial charge in [-0.2, -0.15) is 0 Å². The Morgan fingerprint density at radius 1 is 0.792 bits per heavy atom. The molecular formula is C42H44N2O4. The Bertz CT molecular complexity index is 1760. The summed E-state index contributed by atoms with van der Waals surface area (Å²) in [6.45, 7) is 5.59. The molecule has 1 saturated heterocycles. The zero-order valence-corrected chi connectivity index (χ0v) is 27.8. The summed E-state index contributed by atoms with van der Waals surface area (Å²) < 4.78 is 13.5. The first-order chi connectivity index (χ1) is 23.4. The number of hydrogen-bond acceptors (Lipinski definition) is 5. The Morgan fingerprint density at radius 3 is 2.10 bits per heavy atom. The number of aliphatic hydroxyl groups is 1. The van der Waals surface area contributed by atoms with Crippen molar-refractivity contribution in [2.45, 2.75) is 51.5 Å². The van der Waals surface area contributed by atoms with Gasteiger partial charge in [-0.3, -0.25) is 9.69 Å². The highest BCUT2D eigenvalue weighted by atomic mass is 16.7. The number of hydrogen-bond donors (Lipinski definition) is 2. The third-order valence-corrected chi connectivity index (χ3v) is 9.52. The number of carbonyl (C=O) groups excluding carboxylic acids is 1. The summed E-state index contributed by atoms with van der Waals surface area (Å²) in [4.78, 5) is 15.1. The molecule has 1 aliphatic rings. The maximum Gasteiger partial charge on any atom is 0.251 e. The van der Waals surface area contributed by atoms with Crippen molar-refractivity contribution in [3.63, 3.8) is 0 Å². The summed E-state index contributed by atoms with van der Waals surface area (Å²) >= 11 is 0. The molecule has 1 amide bonds. The van der Waals surface area contributed by atoms with E-state index in [1.165, 1.54) is 5.56 Å². The molecule has 6 heteroatoms. The second-order valence-electron chi connectivity index (χ2n) is 12.7. The van der Waals surface area contributed by atoms with E-state index in [-0.39, 0.29) is 36.7 Å². The smallest absolute Gasteiger partial charge is 0.251 e. The van der Waals surface area contributed by atoms with Crippen molar-refractivity contribution < 1.29 is 19.4 Å². The Morgan fingerprint density at radius 2 is 1.42 bits per heavy atom. The lowest BCUT2D eigenvalue weighted by Gasteiger charge is -2.43. The second kappa shape index (κ2) is 15.5. The maximum absolute atomic E-state index is 12.7. The van der Waals surface area contributed by atoms with E-state index in [0.29, 0.717) is 12.1 Å². The molecule has 0 unspecified atom stereocenters. The van der Waals surface area contributed by atoms with Gasteiger partial charge in [-0.1, -0.05) is 128 Å². The van der Waals surface area contributed by atoms with Gasteiger partial charge < -0.3 is 19.9 Å². The van der Waals surface area contributed by atoms with Gasteiger partial charge in [0.1, 0.15) is 0 Å². The number of likely N-dealkylation sites (N-methyl/N-ethyl adjacent to an activating group) is 1. The molecule has 0 radical (unpaired) electrons. The van der Waals surface area contributed by atoms with Gasteiger partial charge in [0.15, 0.2) is 6.29 Å². The van der Waals surface area contributed by atoms with Crippen LogP contribution >= 0.6 is 0 Å². The van der Waals surface area contributed by atoms with Crippen molar-refractivity contribution in [3.8, 4) is 11.1 Å². The highest BCUT2D eigenvalue weighted by molar-refractivity contribution is 5.94. The molecule has 0 spiro atoms. The predicted octanol–water partition coefficient (Wildman–Crippen LogP) is 8.26. The first kappa shape index (κ1) is 33.3. The van der Waals surface area contributed by atoms with Gasteiger partial charge in [-0.05, 0) is 59.5 Å². The SMILES string of the molecule is C[C@@H]1[C@H](CN(C)[C@@H](C)c2ccccc2)O[C@H](c2ccc(-c3ccccc3CNC(=O)c3ccccc3)cc2)O[C@@H]1c1ccc(CO)cc1. The Labute approximate surface area is 284 Å². The largest absolute Gasteiger partial charge is 0.392 e. The van der Waals surface area contributed by atoms with Crippen molar-refractivity contribution in [1.29, 1.82) is 0 Å². The van der Waals surface area contributed by atoms with Gasteiger partial charge in [-0.15, -0.1) is 0 Å². The summed E-state index contributed by atoms with van der Waals surface area (Å²) in [7, 11) is 2.15. The quantitative estimate of drug-likeness (QED) is 0.152. The van der Waals surface area contributed by atoms with E-state index in [1.807, 2.05) is 66.7 Å². The highest BCUT2D eigenvalue weighted by Crippen LogP contribution is 2.42. The fraction of sp³-hybridized carbons (Fsp3) is 0.262. The Balaban J connectivity index is 1.22. The molecule has 48 heavy (non-hydrogen) atoms. The highest BCUT2D eigenvalue weighted by Gasteiger charge is 2.39. The lowest BCUT2D eigenvalue weighted by atomic mass is 9.89. The topological polar surface area (TPSA) is 71.0 Å². The summed E-state index contributed by atoms with van der Waals surface area (Å²) in [6.07, 6.45) is -0.824. The van der Waals surface area contributed by atoms with E-state index in [4.69, 9.17) is 9.47 Å². The average Bonchev–Trinajstić information content (AvgIpc) is 3.15. The van der Waals surface area contributed by atoms with Crippen molar-refractivity contribution in [2.24, 2.45) is 5.92 Å². The summed E-state index contributed by atoms with van der Waals surface area (Å²) in [5.74, 6) is -0.00983. The minimum atomic E-state index is -0.552. The average molecular weight is 641 g/mol. The molecule has 1 fully saturated rings. The molecule has 0 bridgehead atoms. The second-order valence-corrected chi connectivity index (χ2v) is 12.7. The predicted molar refractivity (Wildman–Crippen MR) is 190 cm³/mol. The van der Waals surface area contributed by atoms with Gasteiger partial charge in [0.05, 0.1) is 18.8 Å². The molecule has 2 N–H and O–H groups in total. The van der Waals surface area contributed by atoms with Crippen LogP contribution in [0, 0.1) is 5.92 Å². The van der Waals surface area contributed by atoms with Crippen LogP contribution in [0.2, 0.25) is 0 Å². The Kier molecular flexibility index (Phi) is 10.8. The fourth-order valence-corrected chi connectivity index (χ4v) is 6.40. The first-order valence-corrected chi connectivity index (χ1v) is 16.7. The van der Waals surface area contributed by atoms with Crippen LogP contribution < -0.4 is 5.32 Å². The normalized spacial score (nSPS) is 19.9. The number of nitrogens with zero attached hydrogens (tertiary/aromatic N) is 1. The molecule has 6 rings (SSSR count). The minimum Gasteiger partial charge on any atom is -0.392 e. The van der Waals surface area contributed by atoms with E-state index in [0.717, 1.165) is 39.9 Å². The lowest BCUT2D eigenvalue weighted by molar-refractivity contribution is -0.276. The van der Waals surface area contributed by atoms with Crippen LogP contribution in [0.1, 0.15) is 70.5 Å². The molecule has 1 heterocycles. The molecular weight excluding hydrogens is 596 g/mol. The summed E-state index contributed by atoms with van der Waals surface area (Å²) in [6, 6.07) is 44.6. The van der Waals surface area contributed by atoms with Crippen LogP contribution in [0.3, 0.4) is 0 Å². The van der Waals surface area contributed by atoms with E-state index in [2.05, 4.69) is 97.8 Å². The molecule has 0 saturated carbocycles.